The van der Waals surface area contributed by atoms with Gasteiger partial charge in [-0.05, 0) is 30.2 Å². The number of rotatable bonds is 7. The molecule has 1 aliphatic heterocycles. The van der Waals surface area contributed by atoms with Gasteiger partial charge in [0, 0.05) is 38.9 Å². The summed E-state index contributed by atoms with van der Waals surface area (Å²) in [7, 11) is 1.63. The monoisotopic (exact) mass is 369 g/mol. The third-order valence-electron chi connectivity index (χ3n) is 4.46. The lowest BCUT2D eigenvalue weighted by molar-refractivity contribution is -0.118. The Bertz CT molecular complexity index is 790. The van der Waals surface area contributed by atoms with Crippen LogP contribution < -0.4 is 15.0 Å². The van der Waals surface area contributed by atoms with E-state index in [4.69, 9.17) is 4.74 Å². The van der Waals surface area contributed by atoms with Crippen molar-refractivity contribution in [2.24, 2.45) is 0 Å². The van der Waals surface area contributed by atoms with Crippen LogP contribution in [0.25, 0.3) is 0 Å². The number of amides is 2. The Morgan fingerprint density at radius 3 is 2.81 bits per heavy atom. The molecule has 0 unspecified atom stereocenters. The Morgan fingerprint density at radius 2 is 2.07 bits per heavy atom. The summed E-state index contributed by atoms with van der Waals surface area (Å²) in [5, 5.41) is 2.89. The van der Waals surface area contributed by atoms with Gasteiger partial charge >= 0.3 is 0 Å². The second-order valence-electron chi connectivity index (χ2n) is 6.23. The minimum Gasteiger partial charge on any atom is -0.497 e. The number of anilines is 1. The SMILES string of the molecule is COc1cccc(CCNC(=O)c2ccnc(N3CCN(C=O)CC3)n2)c1. The molecule has 2 amide bonds. The highest BCUT2D eigenvalue weighted by molar-refractivity contribution is 5.92. The highest BCUT2D eigenvalue weighted by Gasteiger charge is 2.19. The van der Waals surface area contributed by atoms with Crippen molar-refractivity contribution >= 4 is 18.3 Å². The molecule has 1 N–H and O–H groups in total. The Hall–Kier alpha value is -3.16. The van der Waals surface area contributed by atoms with Gasteiger partial charge in [-0.3, -0.25) is 9.59 Å². The maximum Gasteiger partial charge on any atom is 0.270 e. The van der Waals surface area contributed by atoms with Crippen LogP contribution in [-0.2, 0) is 11.2 Å². The first-order valence-corrected chi connectivity index (χ1v) is 8.88. The molecule has 1 fully saturated rings. The minimum absolute atomic E-state index is 0.229. The van der Waals surface area contributed by atoms with Gasteiger partial charge in [0.05, 0.1) is 7.11 Å². The number of aromatic nitrogens is 2. The van der Waals surface area contributed by atoms with Gasteiger partial charge in [-0.25, -0.2) is 9.97 Å². The quantitative estimate of drug-likeness (QED) is 0.724. The number of methoxy groups -OCH3 is 1. The van der Waals surface area contributed by atoms with Crippen molar-refractivity contribution < 1.29 is 14.3 Å². The van der Waals surface area contributed by atoms with Crippen molar-refractivity contribution in [2.45, 2.75) is 6.42 Å². The van der Waals surface area contributed by atoms with Crippen LogP contribution >= 0.6 is 0 Å². The number of hydrogen-bond donors (Lipinski definition) is 1. The van der Waals surface area contributed by atoms with Gasteiger partial charge in [-0.15, -0.1) is 0 Å². The highest BCUT2D eigenvalue weighted by atomic mass is 16.5. The molecule has 8 nitrogen and oxygen atoms in total. The highest BCUT2D eigenvalue weighted by Crippen LogP contribution is 2.13. The molecule has 0 radical (unpaired) electrons. The minimum atomic E-state index is -0.229. The van der Waals surface area contributed by atoms with Crippen LogP contribution in [-0.4, -0.2) is 67.0 Å². The molecule has 142 valence electrons. The van der Waals surface area contributed by atoms with Gasteiger partial charge in [-0.2, -0.15) is 0 Å². The standard InChI is InChI=1S/C19H23N5O3/c1-27-16-4-2-3-15(13-16)5-7-20-18(26)17-6-8-21-19(22-17)24-11-9-23(14-25)10-12-24/h2-4,6,8,13-14H,5,7,9-12H2,1H3,(H,20,26). The van der Waals surface area contributed by atoms with E-state index in [-0.39, 0.29) is 5.91 Å². The van der Waals surface area contributed by atoms with Gasteiger partial charge in [0.15, 0.2) is 0 Å². The van der Waals surface area contributed by atoms with Crippen molar-refractivity contribution in [3.05, 3.63) is 47.8 Å². The Morgan fingerprint density at radius 1 is 1.26 bits per heavy atom. The Kier molecular flexibility index (Phi) is 6.19. The molecule has 1 aromatic heterocycles. The summed E-state index contributed by atoms with van der Waals surface area (Å²) in [6.07, 6.45) is 3.14. The number of carbonyl (C=O) groups is 2. The number of piperazine rings is 1. The third-order valence-corrected chi connectivity index (χ3v) is 4.46. The summed E-state index contributed by atoms with van der Waals surface area (Å²) in [6, 6.07) is 9.37. The van der Waals surface area contributed by atoms with Crippen LogP contribution in [0.2, 0.25) is 0 Å². The number of benzene rings is 1. The average molecular weight is 369 g/mol. The van der Waals surface area contributed by atoms with E-state index in [0.717, 1.165) is 17.7 Å². The molecule has 3 rings (SSSR count). The number of hydrogen-bond acceptors (Lipinski definition) is 6. The number of carbonyl (C=O) groups excluding carboxylic acids is 2. The van der Waals surface area contributed by atoms with Gasteiger partial charge in [0.2, 0.25) is 12.4 Å². The fourth-order valence-electron chi connectivity index (χ4n) is 2.89. The molecule has 0 atom stereocenters. The van der Waals surface area contributed by atoms with Crippen LogP contribution in [0.4, 0.5) is 5.95 Å². The van der Waals surface area contributed by atoms with Crippen LogP contribution in [0.1, 0.15) is 16.1 Å². The van der Waals surface area contributed by atoms with Crippen LogP contribution in [0.15, 0.2) is 36.5 Å². The summed E-state index contributed by atoms with van der Waals surface area (Å²) >= 11 is 0. The fraction of sp³-hybridized carbons (Fsp3) is 0.368. The van der Waals surface area contributed by atoms with E-state index in [2.05, 4.69) is 15.3 Å². The summed E-state index contributed by atoms with van der Waals surface area (Å²) < 4.78 is 5.20. The zero-order valence-electron chi connectivity index (χ0n) is 15.3. The van der Waals surface area contributed by atoms with Crippen molar-refractivity contribution in [1.29, 1.82) is 0 Å². The smallest absolute Gasteiger partial charge is 0.270 e. The fourth-order valence-corrected chi connectivity index (χ4v) is 2.89. The molecule has 1 saturated heterocycles. The zero-order chi connectivity index (χ0) is 19.1. The van der Waals surface area contributed by atoms with E-state index in [9.17, 15) is 9.59 Å². The lowest BCUT2D eigenvalue weighted by Gasteiger charge is -2.32. The first-order chi connectivity index (χ1) is 13.2. The van der Waals surface area contributed by atoms with E-state index < -0.39 is 0 Å². The second-order valence-corrected chi connectivity index (χ2v) is 6.23. The Balaban J connectivity index is 1.54. The van der Waals surface area contributed by atoms with Crippen molar-refractivity contribution in [3.63, 3.8) is 0 Å². The van der Waals surface area contributed by atoms with Crippen LogP contribution in [0.3, 0.4) is 0 Å². The maximum atomic E-state index is 12.4. The van der Waals surface area contributed by atoms with E-state index in [1.54, 1.807) is 24.3 Å². The molecule has 0 spiro atoms. The molecular weight excluding hydrogens is 346 g/mol. The van der Waals surface area contributed by atoms with Crippen molar-refractivity contribution in [3.8, 4) is 5.75 Å². The van der Waals surface area contributed by atoms with Crippen molar-refractivity contribution in [2.75, 3.05) is 44.7 Å². The predicted octanol–water partition coefficient (Wildman–Crippen LogP) is 0.736. The molecule has 2 aromatic rings. The molecule has 1 aliphatic rings. The summed E-state index contributed by atoms with van der Waals surface area (Å²) in [5.74, 6) is 1.09. The van der Waals surface area contributed by atoms with E-state index in [1.807, 2.05) is 29.2 Å². The molecule has 2 heterocycles. The molecule has 0 saturated carbocycles. The van der Waals surface area contributed by atoms with E-state index >= 15 is 0 Å². The normalized spacial score (nSPS) is 14.0. The second kappa shape index (κ2) is 8.98. The first-order valence-electron chi connectivity index (χ1n) is 8.88. The van der Waals surface area contributed by atoms with Crippen LogP contribution in [0, 0.1) is 0 Å². The van der Waals surface area contributed by atoms with Gasteiger partial charge in [0.25, 0.3) is 5.91 Å². The number of nitrogens with one attached hydrogen (secondary N) is 1. The molecule has 1 aromatic carbocycles. The largest absolute Gasteiger partial charge is 0.497 e. The predicted molar refractivity (Wildman–Crippen MR) is 101 cm³/mol. The molecule has 27 heavy (non-hydrogen) atoms. The maximum absolute atomic E-state index is 12.4. The summed E-state index contributed by atoms with van der Waals surface area (Å²) in [4.78, 5) is 35.5. The van der Waals surface area contributed by atoms with E-state index in [1.165, 1.54) is 0 Å². The molecule has 0 bridgehead atoms. The Labute approximate surface area is 158 Å². The van der Waals surface area contributed by atoms with Gasteiger partial charge < -0.3 is 19.9 Å². The first kappa shape index (κ1) is 18.6. The number of nitrogens with zero attached hydrogens (tertiary/aromatic N) is 4. The lowest BCUT2D eigenvalue weighted by atomic mass is 10.1. The van der Waals surface area contributed by atoms with Crippen molar-refractivity contribution in [1.82, 2.24) is 20.2 Å². The van der Waals surface area contributed by atoms with Crippen LogP contribution in [0.5, 0.6) is 5.75 Å². The lowest BCUT2D eigenvalue weighted by Crippen LogP contribution is -2.46. The average Bonchev–Trinajstić information content (AvgIpc) is 2.74. The molecule has 0 aliphatic carbocycles. The van der Waals surface area contributed by atoms with Gasteiger partial charge in [0.1, 0.15) is 11.4 Å². The van der Waals surface area contributed by atoms with Gasteiger partial charge in [-0.1, -0.05) is 12.1 Å². The molecule has 8 heteroatoms. The third kappa shape index (κ3) is 4.93. The topological polar surface area (TPSA) is 87.7 Å². The molecular formula is C19H23N5O3. The zero-order valence-corrected chi connectivity index (χ0v) is 15.3. The summed E-state index contributed by atoms with van der Waals surface area (Å²) in [6.45, 7) is 3.07. The number of ether oxygens (including phenoxy) is 1. The van der Waals surface area contributed by atoms with E-state index in [0.29, 0.717) is 50.8 Å². The summed E-state index contributed by atoms with van der Waals surface area (Å²) in [5.41, 5.74) is 1.43.